The number of hydrogen-bond acceptors (Lipinski definition) is 4. The van der Waals surface area contributed by atoms with Crippen LogP contribution in [0.4, 0.5) is 5.69 Å². The highest BCUT2D eigenvalue weighted by Crippen LogP contribution is 2.10. The number of carbonyl (C=O) groups is 2. The van der Waals surface area contributed by atoms with Crippen LogP contribution in [0.25, 0.3) is 0 Å². The molecule has 1 heterocycles. The van der Waals surface area contributed by atoms with Gasteiger partial charge in [0.25, 0.3) is 0 Å². The molecule has 1 aliphatic heterocycles. The second-order valence-electron chi connectivity index (χ2n) is 5.79. The number of rotatable bonds is 6. The average Bonchev–Trinajstić information content (AvgIpc) is 2.65. The first kappa shape index (κ1) is 21.1. The standard InChI is InChI=1S/C17H26N4O2.C2H6/c1-3-14-4-6-15(7-5-14)19-16(22)13-20-8-10-21(11-9-20)17(23)12-18-2;1-2/h4-7,18H,3,8-13H2,1-2H3,(H,19,22);1-2H3. The molecule has 0 radical (unpaired) electrons. The van der Waals surface area contributed by atoms with Gasteiger partial charge in [-0.3, -0.25) is 14.5 Å². The van der Waals surface area contributed by atoms with Crippen molar-refractivity contribution in [1.29, 1.82) is 0 Å². The molecule has 0 aliphatic carbocycles. The van der Waals surface area contributed by atoms with Gasteiger partial charge < -0.3 is 15.5 Å². The van der Waals surface area contributed by atoms with Gasteiger partial charge in [-0.15, -0.1) is 0 Å². The van der Waals surface area contributed by atoms with E-state index in [0.717, 1.165) is 25.2 Å². The topological polar surface area (TPSA) is 64.7 Å². The number of amides is 2. The smallest absolute Gasteiger partial charge is 0.238 e. The first-order chi connectivity index (χ1) is 12.1. The van der Waals surface area contributed by atoms with E-state index in [4.69, 9.17) is 0 Å². The van der Waals surface area contributed by atoms with Gasteiger partial charge >= 0.3 is 0 Å². The fourth-order valence-electron chi connectivity index (χ4n) is 2.65. The van der Waals surface area contributed by atoms with Crippen LogP contribution in [0.5, 0.6) is 0 Å². The van der Waals surface area contributed by atoms with E-state index < -0.39 is 0 Å². The van der Waals surface area contributed by atoms with E-state index in [1.807, 2.05) is 43.0 Å². The van der Waals surface area contributed by atoms with E-state index in [1.54, 1.807) is 7.05 Å². The third kappa shape index (κ3) is 7.23. The van der Waals surface area contributed by atoms with Gasteiger partial charge in [-0.25, -0.2) is 0 Å². The van der Waals surface area contributed by atoms with Gasteiger partial charge in [0.1, 0.15) is 0 Å². The Morgan fingerprint density at radius 1 is 1.04 bits per heavy atom. The predicted molar refractivity (Wildman–Crippen MR) is 103 cm³/mol. The summed E-state index contributed by atoms with van der Waals surface area (Å²) in [4.78, 5) is 27.8. The van der Waals surface area contributed by atoms with Crippen LogP contribution >= 0.6 is 0 Å². The summed E-state index contributed by atoms with van der Waals surface area (Å²) in [6, 6.07) is 7.93. The largest absolute Gasteiger partial charge is 0.339 e. The SMILES string of the molecule is CC.CCc1ccc(NC(=O)CN2CCN(C(=O)CNC)CC2)cc1. The highest BCUT2D eigenvalue weighted by Gasteiger charge is 2.21. The molecule has 0 bridgehead atoms. The molecule has 1 aliphatic rings. The van der Waals surface area contributed by atoms with Crippen LogP contribution in [0.1, 0.15) is 26.3 Å². The maximum absolute atomic E-state index is 12.1. The van der Waals surface area contributed by atoms with Crippen LogP contribution in [0.3, 0.4) is 0 Å². The van der Waals surface area contributed by atoms with Crippen molar-refractivity contribution in [3.63, 3.8) is 0 Å². The lowest BCUT2D eigenvalue weighted by atomic mass is 10.1. The quantitative estimate of drug-likeness (QED) is 0.819. The molecule has 2 N–H and O–H groups in total. The monoisotopic (exact) mass is 348 g/mol. The lowest BCUT2D eigenvalue weighted by Crippen LogP contribution is -2.51. The molecule has 6 heteroatoms. The van der Waals surface area contributed by atoms with Crippen molar-refractivity contribution >= 4 is 17.5 Å². The Labute approximate surface area is 151 Å². The van der Waals surface area contributed by atoms with Crippen molar-refractivity contribution in [3.8, 4) is 0 Å². The van der Waals surface area contributed by atoms with Crippen molar-refractivity contribution in [2.45, 2.75) is 27.2 Å². The second-order valence-corrected chi connectivity index (χ2v) is 5.79. The number of nitrogens with one attached hydrogen (secondary N) is 2. The normalized spacial score (nSPS) is 14.5. The predicted octanol–water partition coefficient (Wildman–Crippen LogP) is 1.58. The molecule has 0 aromatic heterocycles. The third-order valence-electron chi connectivity index (χ3n) is 4.07. The molecule has 1 aromatic rings. The Morgan fingerprint density at radius 2 is 1.64 bits per heavy atom. The van der Waals surface area contributed by atoms with Gasteiger partial charge in [-0.05, 0) is 31.2 Å². The second kappa shape index (κ2) is 11.6. The maximum atomic E-state index is 12.1. The van der Waals surface area contributed by atoms with E-state index in [9.17, 15) is 9.59 Å². The minimum Gasteiger partial charge on any atom is -0.339 e. The van der Waals surface area contributed by atoms with Crippen LogP contribution in [0, 0.1) is 0 Å². The first-order valence-electron chi connectivity index (χ1n) is 9.16. The zero-order valence-corrected chi connectivity index (χ0v) is 16.0. The van der Waals surface area contributed by atoms with Gasteiger partial charge in [-0.1, -0.05) is 32.9 Å². The highest BCUT2D eigenvalue weighted by molar-refractivity contribution is 5.92. The number of aryl methyl sites for hydroxylation is 1. The van der Waals surface area contributed by atoms with Gasteiger partial charge in [-0.2, -0.15) is 0 Å². The van der Waals surface area contributed by atoms with Crippen LogP contribution in [0.15, 0.2) is 24.3 Å². The van der Waals surface area contributed by atoms with Gasteiger partial charge in [0.15, 0.2) is 0 Å². The molecule has 0 atom stereocenters. The molecule has 25 heavy (non-hydrogen) atoms. The molecule has 1 fully saturated rings. The van der Waals surface area contributed by atoms with E-state index in [0.29, 0.717) is 26.2 Å². The molecule has 2 rings (SSSR count). The third-order valence-corrected chi connectivity index (χ3v) is 4.07. The zero-order chi connectivity index (χ0) is 18.7. The molecular formula is C19H32N4O2. The Kier molecular flexibility index (Phi) is 9.80. The Balaban J connectivity index is 0.00000151. The summed E-state index contributed by atoms with van der Waals surface area (Å²) in [5.41, 5.74) is 2.08. The first-order valence-corrected chi connectivity index (χ1v) is 9.16. The summed E-state index contributed by atoms with van der Waals surface area (Å²) in [7, 11) is 1.77. The van der Waals surface area contributed by atoms with Gasteiger partial charge in [0.2, 0.25) is 11.8 Å². The van der Waals surface area contributed by atoms with Crippen molar-refractivity contribution < 1.29 is 9.59 Å². The van der Waals surface area contributed by atoms with E-state index in [-0.39, 0.29) is 11.8 Å². The van der Waals surface area contributed by atoms with Crippen LogP contribution in [-0.4, -0.2) is 67.9 Å². The number of anilines is 1. The van der Waals surface area contributed by atoms with Gasteiger partial charge in [0, 0.05) is 31.9 Å². The molecule has 140 valence electrons. The molecule has 0 unspecified atom stereocenters. The fourth-order valence-corrected chi connectivity index (χ4v) is 2.65. The molecule has 1 aromatic carbocycles. The molecule has 0 spiro atoms. The number of nitrogens with zero attached hydrogens (tertiary/aromatic N) is 2. The van der Waals surface area contributed by atoms with E-state index >= 15 is 0 Å². The van der Waals surface area contributed by atoms with Crippen molar-refractivity contribution in [2.75, 3.05) is 51.6 Å². The van der Waals surface area contributed by atoms with Crippen molar-refractivity contribution in [2.24, 2.45) is 0 Å². The maximum Gasteiger partial charge on any atom is 0.238 e. The Bertz CT molecular complexity index is 523. The van der Waals surface area contributed by atoms with Crippen LogP contribution < -0.4 is 10.6 Å². The number of hydrogen-bond donors (Lipinski definition) is 2. The summed E-state index contributed by atoms with van der Waals surface area (Å²) in [6.45, 7) is 9.67. The zero-order valence-electron chi connectivity index (χ0n) is 16.0. The molecule has 1 saturated heterocycles. The molecule has 6 nitrogen and oxygen atoms in total. The van der Waals surface area contributed by atoms with Crippen LogP contribution in [-0.2, 0) is 16.0 Å². The Morgan fingerprint density at radius 3 is 2.16 bits per heavy atom. The van der Waals surface area contributed by atoms with E-state index in [1.165, 1.54) is 5.56 Å². The number of benzene rings is 1. The van der Waals surface area contributed by atoms with Crippen molar-refractivity contribution in [3.05, 3.63) is 29.8 Å². The lowest BCUT2D eigenvalue weighted by molar-refractivity contribution is -0.132. The van der Waals surface area contributed by atoms with E-state index in [2.05, 4.69) is 22.5 Å². The molecule has 0 saturated carbocycles. The summed E-state index contributed by atoms with van der Waals surface area (Å²) in [6.07, 6.45) is 0.991. The summed E-state index contributed by atoms with van der Waals surface area (Å²) in [5, 5.41) is 5.80. The summed E-state index contributed by atoms with van der Waals surface area (Å²) >= 11 is 0. The minimum absolute atomic E-state index is 0.00995. The molecule has 2 amide bonds. The van der Waals surface area contributed by atoms with Gasteiger partial charge in [0.05, 0.1) is 13.1 Å². The fraction of sp³-hybridized carbons (Fsp3) is 0.579. The average molecular weight is 348 g/mol. The number of likely N-dealkylation sites (N-methyl/N-ethyl adjacent to an activating group) is 1. The molecular weight excluding hydrogens is 316 g/mol. The lowest BCUT2D eigenvalue weighted by Gasteiger charge is -2.34. The number of carbonyl (C=O) groups excluding carboxylic acids is 2. The minimum atomic E-state index is -0.00995. The summed E-state index contributed by atoms with van der Waals surface area (Å²) < 4.78 is 0. The highest BCUT2D eigenvalue weighted by atomic mass is 16.2. The number of piperazine rings is 1. The van der Waals surface area contributed by atoms with Crippen molar-refractivity contribution in [1.82, 2.24) is 15.1 Å². The summed E-state index contributed by atoms with van der Waals surface area (Å²) in [5.74, 6) is 0.108. The Hall–Kier alpha value is -1.92. The van der Waals surface area contributed by atoms with Crippen LogP contribution in [0.2, 0.25) is 0 Å².